The summed E-state index contributed by atoms with van der Waals surface area (Å²) >= 11 is 0. The second kappa shape index (κ2) is 9.21. The van der Waals surface area contributed by atoms with Crippen molar-refractivity contribution in [1.82, 2.24) is 14.9 Å². The maximum atomic E-state index is 11.3. The lowest BCUT2D eigenvalue weighted by Crippen LogP contribution is -2.20. The fourth-order valence-electron chi connectivity index (χ4n) is 2.98. The Labute approximate surface area is 164 Å². The summed E-state index contributed by atoms with van der Waals surface area (Å²) in [7, 11) is 2.04. The van der Waals surface area contributed by atoms with Crippen LogP contribution in [-0.2, 0) is 6.54 Å². The normalized spacial score (nSPS) is 12.1. The minimum atomic E-state index is -0.592. The predicted octanol–water partition coefficient (Wildman–Crippen LogP) is 2.80. The molecule has 3 rings (SSSR count). The van der Waals surface area contributed by atoms with E-state index in [-0.39, 0.29) is 5.69 Å². The molecule has 1 unspecified atom stereocenters. The van der Waals surface area contributed by atoms with E-state index < -0.39 is 12.0 Å². The molecule has 0 spiro atoms. The molecule has 1 amide bonds. The quantitative estimate of drug-likeness (QED) is 0.631. The Bertz CT molecular complexity index is 913. The maximum Gasteiger partial charge on any atom is 0.268 e. The van der Waals surface area contributed by atoms with Crippen LogP contribution in [0.5, 0.6) is 0 Å². The molecule has 0 saturated heterocycles. The van der Waals surface area contributed by atoms with Gasteiger partial charge in [0, 0.05) is 18.7 Å². The van der Waals surface area contributed by atoms with Crippen LogP contribution in [0, 0.1) is 0 Å². The van der Waals surface area contributed by atoms with E-state index >= 15 is 0 Å². The average Bonchev–Trinajstić information content (AvgIpc) is 2.73. The number of benzene rings is 2. The van der Waals surface area contributed by atoms with Gasteiger partial charge in [-0.3, -0.25) is 9.78 Å². The summed E-state index contributed by atoms with van der Waals surface area (Å²) in [5.74, 6) is -0.592. The van der Waals surface area contributed by atoms with Gasteiger partial charge in [-0.15, -0.1) is 0 Å². The Kier molecular flexibility index (Phi) is 6.47. The van der Waals surface area contributed by atoms with E-state index in [0.717, 1.165) is 29.8 Å². The van der Waals surface area contributed by atoms with Gasteiger partial charge in [-0.05, 0) is 24.6 Å². The molecule has 1 aromatic heterocycles. The van der Waals surface area contributed by atoms with Gasteiger partial charge in [0.05, 0.1) is 24.2 Å². The van der Waals surface area contributed by atoms with E-state index in [1.807, 2.05) is 61.6 Å². The van der Waals surface area contributed by atoms with Gasteiger partial charge in [0.15, 0.2) is 0 Å². The van der Waals surface area contributed by atoms with Crippen LogP contribution in [0.25, 0.3) is 11.3 Å². The Balaban J connectivity index is 1.56. The number of rotatable bonds is 8. The molecule has 2 aromatic carbocycles. The SMILES string of the molecule is CN(CCC(O)c1ccccc1)Cc1ccc(-c2cncc(C(N)=O)n2)cc1. The lowest BCUT2D eigenvalue weighted by molar-refractivity contribution is 0.0995. The molecule has 0 bridgehead atoms. The number of hydrogen-bond donors (Lipinski definition) is 2. The van der Waals surface area contributed by atoms with Gasteiger partial charge in [0.2, 0.25) is 0 Å². The molecule has 0 aliphatic heterocycles. The van der Waals surface area contributed by atoms with Gasteiger partial charge in [-0.25, -0.2) is 4.98 Å². The number of carbonyl (C=O) groups excluding carboxylic acids is 1. The Morgan fingerprint density at radius 1 is 1.11 bits per heavy atom. The first-order valence-corrected chi connectivity index (χ1v) is 9.15. The molecule has 0 fully saturated rings. The number of amides is 1. The number of nitrogens with zero attached hydrogens (tertiary/aromatic N) is 3. The maximum absolute atomic E-state index is 11.3. The second-order valence-electron chi connectivity index (χ2n) is 6.80. The number of carbonyl (C=O) groups is 1. The van der Waals surface area contributed by atoms with Crippen LogP contribution in [0.3, 0.4) is 0 Å². The molecule has 1 atom stereocenters. The van der Waals surface area contributed by atoms with Gasteiger partial charge < -0.3 is 15.7 Å². The van der Waals surface area contributed by atoms with Crippen LogP contribution in [-0.4, -0.2) is 39.5 Å². The van der Waals surface area contributed by atoms with Gasteiger partial charge in [0.1, 0.15) is 5.69 Å². The van der Waals surface area contributed by atoms with Crippen molar-refractivity contribution in [3.63, 3.8) is 0 Å². The molecule has 0 radical (unpaired) electrons. The first-order chi connectivity index (χ1) is 13.5. The predicted molar refractivity (Wildman–Crippen MR) is 108 cm³/mol. The third kappa shape index (κ3) is 5.22. The number of aliphatic hydroxyl groups is 1. The van der Waals surface area contributed by atoms with Crippen molar-refractivity contribution in [3.8, 4) is 11.3 Å². The number of aromatic nitrogens is 2. The number of hydrogen-bond acceptors (Lipinski definition) is 5. The number of primary amides is 1. The highest BCUT2D eigenvalue weighted by Gasteiger charge is 2.10. The van der Waals surface area contributed by atoms with Crippen molar-refractivity contribution in [2.75, 3.05) is 13.6 Å². The van der Waals surface area contributed by atoms with E-state index in [2.05, 4.69) is 14.9 Å². The van der Waals surface area contributed by atoms with Crippen LogP contribution in [0.15, 0.2) is 67.0 Å². The smallest absolute Gasteiger partial charge is 0.268 e. The molecule has 6 nitrogen and oxygen atoms in total. The highest BCUT2D eigenvalue weighted by Crippen LogP contribution is 2.19. The van der Waals surface area contributed by atoms with Crippen LogP contribution < -0.4 is 5.73 Å². The Hall–Kier alpha value is -3.09. The fourth-order valence-corrected chi connectivity index (χ4v) is 2.98. The average molecular weight is 376 g/mol. The van der Waals surface area contributed by atoms with Gasteiger partial charge in [-0.1, -0.05) is 54.6 Å². The highest BCUT2D eigenvalue weighted by molar-refractivity contribution is 5.90. The first kappa shape index (κ1) is 19.7. The summed E-state index contributed by atoms with van der Waals surface area (Å²) < 4.78 is 0. The van der Waals surface area contributed by atoms with Crippen molar-refractivity contribution in [1.29, 1.82) is 0 Å². The minimum Gasteiger partial charge on any atom is -0.388 e. The molecule has 3 aromatic rings. The number of nitrogens with two attached hydrogens (primary N) is 1. The first-order valence-electron chi connectivity index (χ1n) is 9.15. The molecule has 0 aliphatic rings. The van der Waals surface area contributed by atoms with E-state index in [1.54, 1.807) is 6.20 Å². The zero-order valence-corrected chi connectivity index (χ0v) is 15.8. The van der Waals surface area contributed by atoms with Gasteiger partial charge in [0.25, 0.3) is 5.91 Å². The molecule has 0 saturated carbocycles. The molecule has 3 N–H and O–H groups in total. The van der Waals surface area contributed by atoms with Gasteiger partial charge in [-0.2, -0.15) is 0 Å². The summed E-state index contributed by atoms with van der Waals surface area (Å²) in [6, 6.07) is 17.7. The fraction of sp³-hybridized carbons (Fsp3) is 0.227. The molecular formula is C22H24N4O2. The summed E-state index contributed by atoms with van der Waals surface area (Å²) in [5.41, 5.74) is 9.00. The summed E-state index contributed by atoms with van der Waals surface area (Å²) in [6.45, 7) is 1.55. The summed E-state index contributed by atoms with van der Waals surface area (Å²) in [6.07, 6.45) is 3.19. The summed E-state index contributed by atoms with van der Waals surface area (Å²) in [5, 5.41) is 10.3. The topological polar surface area (TPSA) is 92.3 Å². The Morgan fingerprint density at radius 3 is 2.50 bits per heavy atom. The highest BCUT2D eigenvalue weighted by atomic mass is 16.3. The standard InChI is InChI=1S/C22H24N4O2/c1-26(12-11-21(27)18-5-3-2-4-6-18)15-16-7-9-17(10-8-16)19-13-24-14-20(25-19)22(23)28/h2-10,13-14,21,27H,11-12,15H2,1H3,(H2,23,28). The third-order valence-electron chi connectivity index (χ3n) is 4.56. The Morgan fingerprint density at radius 2 is 1.82 bits per heavy atom. The van der Waals surface area contributed by atoms with E-state index in [1.165, 1.54) is 6.20 Å². The van der Waals surface area contributed by atoms with Crippen molar-refractivity contribution in [3.05, 3.63) is 83.8 Å². The third-order valence-corrected chi connectivity index (χ3v) is 4.56. The molecule has 28 heavy (non-hydrogen) atoms. The molecule has 1 heterocycles. The van der Waals surface area contributed by atoms with Crippen molar-refractivity contribution in [2.24, 2.45) is 5.73 Å². The van der Waals surface area contributed by atoms with E-state index in [4.69, 9.17) is 5.73 Å². The van der Waals surface area contributed by atoms with Gasteiger partial charge >= 0.3 is 0 Å². The lowest BCUT2D eigenvalue weighted by Gasteiger charge is -2.19. The molecule has 0 aliphatic carbocycles. The van der Waals surface area contributed by atoms with Crippen molar-refractivity contribution < 1.29 is 9.90 Å². The van der Waals surface area contributed by atoms with Crippen LogP contribution in [0.4, 0.5) is 0 Å². The number of aliphatic hydroxyl groups excluding tert-OH is 1. The zero-order chi connectivity index (χ0) is 19.9. The van der Waals surface area contributed by atoms with Crippen LogP contribution >= 0.6 is 0 Å². The summed E-state index contributed by atoms with van der Waals surface area (Å²) in [4.78, 5) is 21.7. The van der Waals surface area contributed by atoms with Crippen LogP contribution in [0.2, 0.25) is 0 Å². The molecule has 6 heteroatoms. The minimum absolute atomic E-state index is 0.151. The molecule has 144 valence electrons. The second-order valence-corrected chi connectivity index (χ2v) is 6.80. The monoisotopic (exact) mass is 376 g/mol. The van der Waals surface area contributed by atoms with Crippen molar-refractivity contribution >= 4 is 5.91 Å². The van der Waals surface area contributed by atoms with E-state index in [0.29, 0.717) is 12.1 Å². The molecular weight excluding hydrogens is 352 g/mol. The largest absolute Gasteiger partial charge is 0.388 e. The lowest BCUT2D eigenvalue weighted by atomic mass is 10.1. The zero-order valence-electron chi connectivity index (χ0n) is 15.8. The van der Waals surface area contributed by atoms with Crippen LogP contribution in [0.1, 0.15) is 34.1 Å². The van der Waals surface area contributed by atoms with Crippen molar-refractivity contribution in [2.45, 2.75) is 19.1 Å². The van der Waals surface area contributed by atoms with E-state index in [9.17, 15) is 9.90 Å².